The molecule has 0 saturated heterocycles. The molecule has 0 bridgehead atoms. The second-order valence-corrected chi connectivity index (χ2v) is 7.59. The molecule has 0 unspecified atom stereocenters. The van der Waals surface area contributed by atoms with Crippen LogP contribution in [-0.2, 0) is 30.4 Å². The highest BCUT2D eigenvalue weighted by molar-refractivity contribution is 7.15. The number of rotatable bonds is 3. The summed E-state index contributed by atoms with van der Waals surface area (Å²) in [6, 6.07) is 4.67. The van der Waals surface area contributed by atoms with Gasteiger partial charge in [-0.2, -0.15) is 18.2 Å². The van der Waals surface area contributed by atoms with Crippen LogP contribution < -0.4 is 0 Å². The topological polar surface area (TPSA) is 59.2 Å². The van der Waals surface area contributed by atoms with Crippen molar-refractivity contribution in [3.63, 3.8) is 0 Å². The van der Waals surface area contributed by atoms with Crippen LogP contribution in [0.2, 0.25) is 0 Å². The van der Waals surface area contributed by atoms with Gasteiger partial charge < -0.3 is 9.42 Å². The summed E-state index contributed by atoms with van der Waals surface area (Å²) < 4.78 is 68.9. The SMILES string of the molecule is O=C(Cc1ccc(F)cc1F)N1CCc2sc(-c3noc(C(F)(F)F)n3)cc2C1. The lowest BCUT2D eigenvalue weighted by molar-refractivity contribution is -0.159. The maximum absolute atomic E-state index is 13.8. The van der Waals surface area contributed by atoms with Gasteiger partial charge in [-0.05, 0) is 29.7 Å². The summed E-state index contributed by atoms with van der Waals surface area (Å²) in [5.74, 6) is -3.42. The van der Waals surface area contributed by atoms with Crippen LogP contribution in [0.3, 0.4) is 0 Å². The molecule has 0 saturated carbocycles. The molecule has 5 nitrogen and oxygen atoms in total. The average molecular weight is 429 g/mol. The number of amides is 1. The monoisotopic (exact) mass is 429 g/mol. The molecule has 0 spiro atoms. The van der Waals surface area contributed by atoms with Crippen molar-refractivity contribution in [2.75, 3.05) is 6.54 Å². The van der Waals surface area contributed by atoms with Crippen molar-refractivity contribution in [3.05, 3.63) is 57.8 Å². The van der Waals surface area contributed by atoms with E-state index in [1.165, 1.54) is 22.3 Å². The summed E-state index contributed by atoms with van der Waals surface area (Å²) >= 11 is 1.24. The van der Waals surface area contributed by atoms with Crippen molar-refractivity contribution >= 4 is 17.2 Å². The Bertz CT molecular complexity index is 1080. The van der Waals surface area contributed by atoms with Crippen LogP contribution in [0.4, 0.5) is 22.0 Å². The van der Waals surface area contributed by atoms with Crippen LogP contribution in [-0.4, -0.2) is 27.5 Å². The van der Waals surface area contributed by atoms with E-state index >= 15 is 0 Å². The number of carbonyl (C=O) groups excluding carboxylic acids is 1. The summed E-state index contributed by atoms with van der Waals surface area (Å²) in [6.07, 6.45) is -4.43. The van der Waals surface area contributed by atoms with Crippen molar-refractivity contribution < 1.29 is 31.3 Å². The Morgan fingerprint density at radius 2 is 2.03 bits per heavy atom. The summed E-state index contributed by atoms with van der Waals surface area (Å²) in [5, 5.41) is 3.37. The first kappa shape index (κ1) is 19.5. The minimum atomic E-state index is -4.72. The van der Waals surface area contributed by atoms with Crippen LogP contribution in [0.5, 0.6) is 0 Å². The summed E-state index contributed by atoms with van der Waals surface area (Å²) in [6.45, 7) is 0.617. The fourth-order valence-corrected chi connectivity index (χ4v) is 4.12. The van der Waals surface area contributed by atoms with Crippen molar-refractivity contribution in [3.8, 4) is 10.7 Å². The molecule has 0 aliphatic carbocycles. The minimum absolute atomic E-state index is 0.0969. The van der Waals surface area contributed by atoms with E-state index in [4.69, 9.17) is 0 Å². The van der Waals surface area contributed by atoms with E-state index in [9.17, 15) is 26.7 Å². The van der Waals surface area contributed by atoms with E-state index in [-0.39, 0.29) is 30.3 Å². The Labute approximate surface area is 164 Å². The van der Waals surface area contributed by atoms with Gasteiger partial charge in [0, 0.05) is 24.0 Å². The molecule has 0 N–H and O–H groups in total. The van der Waals surface area contributed by atoms with Gasteiger partial charge in [0.2, 0.25) is 11.7 Å². The summed E-state index contributed by atoms with van der Waals surface area (Å²) in [5.41, 5.74) is 0.863. The van der Waals surface area contributed by atoms with E-state index < -0.39 is 23.7 Å². The lowest BCUT2D eigenvalue weighted by Gasteiger charge is -2.27. The molecule has 1 aliphatic rings. The lowest BCUT2D eigenvalue weighted by atomic mass is 10.1. The number of aromatic nitrogens is 2. The molecule has 3 heterocycles. The number of benzene rings is 1. The highest BCUT2D eigenvalue weighted by Crippen LogP contribution is 2.35. The van der Waals surface area contributed by atoms with Gasteiger partial charge in [0.1, 0.15) is 11.6 Å². The number of hydrogen-bond acceptors (Lipinski definition) is 5. The standard InChI is InChI=1S/C18H12F5N3O2S/c19-11-2-1-9(12(20)7-11)6-15(27)26-4-3-13-10(8-26)5-14(29-13)16-24-17(28-25-16)18(21,22)23/h1-2,5,7H,3-4,6,8H2. The Balaban J connectivity index is 1.49. The third-order valence-electron chi connectivity index (χ3n) is 4.47. The molecule has 29 heavy (non-hydrogen) atoms. The predicted octanol–water partition coefficient (Wildman–Crippen LogP) is 4.22. The summed E-state index contributed by atoms with van der Waals surface area (Å²) in [7, 11) is 0. The molecule has 2 aromatic heterocycles. The van der Waals surface area contributed by atoms with Crippen LogP contribution in [0.1, 0.15) is 21.9 Å². The smallest absolute Gasteiger partial charge is 0.338 e. The zero-order valence-electron chi connectivity index (χ0n) is 14.6. The van der Waals surface area contributed by atoms with Gasteiger partial charge in [0.15, 0.2) is 0 Å². The third kappa shape index (κ3) is 4.00. The zero-order valence-corrected chi connectivity index (χ0v) is 15.4. The fourth-order valence-electron chi connectivity index (χ4n) is 3.03. The largest absolute Gasteiger partial charge is 0.471 e. The Kier molecular flexibility index (Phi) is 4.85. The highest BCUT2D eigenvalue weighted by Gasteiger charge is 2.38. The quantitative estimate of drug-likeness (QED) is 0.585. The summed E-state index contributed by atoms with van der Waals surface area (Å²) in [4.78, 5) is 18.7. The molecule has 1 amide bonds. The first-order valence-electron chi connectivity index (χ1n) is 8.45. The van der Waals surface area contributed by atoms with E-state index in [0.29, 0.717) is 17.8 Å². The molecule has 11 heteroatoms. The van der Waals surface area contributed by atoms with Gasteiger partial charge in [0.25, 0.3) is 0 Å². The first-order valence-corrected chi connectivity index (χ1v) is 9.27. The number of fused-ring (bicyclic) bond motifs is 1. The average Bonchev–Trinajstić information content (AvgIpc) is 3.29. The Hall–Kier alpha value is -2.82. The van der Waals surface area contributed by atoms with Gasteiger partial charge >= 0.3 is 12.1 Å². The van der Waals surface area contributed by atoms with Crippen molar-refractivity contribution in [1.82, 2.24) is 15.0 Å². The van der Waals surface area contributed by atoms with Crippen molar-refractivity contribution in [2.24, 2.45) is 0 Å². The molecular weight excluding hydrogens is 417 g/mol. The van der Waals surface area contributed by atoms with Gasteiger partial charge in [0.05, 0.1) is 11.3 Å². The lowest BCUT2D eigenvalue weighted by Crippen LogP contribution is -2.36. The van der Waals surface area contributed by atoms with E-state index in [1.807, 2.05) is 0 Å². The van der Waals surface area contributed by atoms with Crippen molar-refractivity contribution in [2.45, 2.75) is 25.6 Å². The molecule has 152 valence electrons. The molecule has 1 aliphatic heterocycles. The van der Waals surface area contributed by atoms with Gasteiger partial charge in [-0.1, -0.05) is 11.2 Å². The van der Waals surface area contributed by atoms with E-state index in [2.05, 4.69) is 14.7 Å². The molecule has 0 atom stereocenters. The van der Waals surface area contributed by atoms with Crippen LogP contribution in [0.25, 0.3) is 10.7 Å². The Morgan fingerprint density at radius 3 is 2.72 bits per heavy atom. The number of nitrogens with zero attached hydrogens (tertiary/aromatic N) is 3. The zero-order chi connectivity index (χ0) is 20.8. The maximum Gasteiger partial charge on any atom is 0.471 e. The number of halogens is 5. The number of carbonyl (C=O) groups is 1. The van der Waals surface area contributed by atoms with Crippen LogP contribution in [0.15, 0.2) is 28.8 Å². The van der Waals surface area contributed by atoms with Crippen LogP contribution in [0, 0.1) is 11.6 Å². The number of alkyl halides is 3. The van der Waals surface area contributed by atoms with Crippen LogP contribution >= 0.6 is 11.3 Å². The fraction of sp³-hybridized carbons (Fsp3) is 0.278. The second kappa shape index (κ2) is 7.21. The van der Waals surface area contributed by atoms with Crippen molar-refractivity contribution in [1.29, 1.82) is 0 Å². The molecule has 3 aromatic rings. The van der Waals surface area contributed by atoms with E-state index in [1.54, 1.807) is 6.07 Å². The molecule has 0 fully saturated rings. The Morgan fingerprint density at radius 1 is 1.24 bits per heavy atom. The predicted molar refractivity (Wildman–Crippen MR) is 91.8 cm³/mol. The molecular formula is C18H12F5N3O2S. The maximum atomic E-state index is 13.8. The van der Waals surface area contributed by atoms with Gasteiger partial charge in [-0.3, -0.25) is 4.79 Å². The highest BCUT2D eigenvalue weighted by atomic mass is 32.1. The molecule has 1 aromatic carbocycles. The number of thiophene rings is 1. The third-order valence-corrected chi connectivity index (χ3v) is 5.70. The minimum Gasteiger partial charge on any atom is -0.338 e. The van der Waals surface area contributed by atoms with E-state index in [0.717, 1.165) is 22.6 Å². The first-order chi connectivity index (χ1) is 13.7. The molecule has 0 radical (unpaired) electrons. The number of hydrogen-bond donors (Lipinski definition) is 0. The van der Waals surface area contributed by atoms with Gasteiger partial charge in [-0.15, -0.1) is 11.3 Å². The normalized spacial score (nSPS) is 14.2. The molecule has 4 rings (SSSR count). The second-order valence-electron chi connectivity index (χ2n) is 6.46. The van der Waals surface area contributed by atoms with Gasteiger partial charge in [-0.25, -0.2) is 8.78 Å².